The molecule has 0 aliphatic heterocycles. The first-order chi connectivity index (χ1) is 4.04. The van der Waals surface area contributed by atoms with E-state index in [1.54, 1.807) is 14.1 Å². The molecule has 0 aliphatic carbocycles. The SMILES string of the molecule is CN(C)C(Cl)OS(=O)Cl. The Balaban J connectivity index is 3.50. The van der Waals surface area contributed by atoms with Crippen molar-refractivity contribution < 1.29 is 8.39 Å². The second-order valence-electron chi connectivity index (χ2n) is 1.55. The quantitative estimate of drug-likeness (QED) is 0.288. The third-order valence-electron chi connectivity index (χ3n) is 0.561. The molecule has 0 saturated carbocycles. The van der Waals surface area contributed by atoms with Gasteiger partial charge in [0.2, 0.25) is 5.69 Å². The second-order valence-corrected chi connectivity index (χ2v) is 3.26. The van der Waals surface area contributed by atoms with Gasteiger partial charge in [-0.3, -0.25) is 4.90 Å². The van der Waals surface area contributed by atoms with Gasteiger partial charge >= 0.3 is 0 Å². The second kappa shape index (κ2) is 4.46. The lowest BCUT2D eigenvalue weighted by Gasteiger charge is -2.13. The maximum absolute atomic E-state index is 10.1. The van der Waals surface area contributed by atoms with Crippen molar-refractivity contribution in [3.05, 3.63) is 0 Å². The number of rotatable bonds is 3. The third kappa shape index (κ3) is 5.11. The summed E-state index contributed by atoms with van der Waals surface area (Å²) >= 11 is 5.44. The Kier molecular flexibility index (Phi) is 4.79. The summed E-state index contributed by atoms with van der Waals surface area (Å²) in [6.45, 7) is 0. The van der Waals surface area contributed by atoms with Crippen molar-refractivity contribution in [2.75, 3.05) is 14.1 Å². The lowest BCUT2D eigenvalue weighted by molar-refractivity contribution is 0.158. The molecular weight excluding hydrogens is 185 g/mol. The van der Waals surface area contributed by atoms with Gasteiger partial charge in [-0.15, -0.1) is 0 Å². The first-order valence-corrected chi connectivity index (χ1v) is 4.43. The Morgan fingerprint density at radius 1 is 1.67 bits per heavy atom. The van der Waals surface area contributed by atoms with Crippen molar-refractivity contribution in [2.45, 2.75) is 5.69 Å². The molecule has 0 aliphatic rings. The summed E-state index contributed by atoms with van der Waals surface area (Å²) in [4.78, 5) is 1.53. The minimum atomic E-state index is -1.82. The Bertz CT molecular complexity index is 110. The molecule has 56 valence electrons. The first kappa shape index (κ1) is 9.65. The molecule has 0 rings (SSSR count). The molecule has 0 amide bonds. The number of nitrogens with zero attached hydrogens (tertiary/aromatic N) is 1. The van der Waals surface area contributed by atoms with Crippen LogP contribution in [0, 0.1) is 0 Å². The van der Waals surface area contributed by atoms with Gasteiger partial charge in [0.25, 0.3) is 10.3 Å². The molecule has 0 radical (unpaired) electrons. The molecule has 0 aromatic rings. The zero-order valence-electron chi connectivity index (χ0n) is 5.01. The van der Waals surface area contributed by atoms with Crippen LogP contribution in [0.5, 0.6) is 0 Å². The van der Waals surface area contributed by atoms with Crippen molar-refractivity contribution in [3.63, 3.8) is 0 Å². The van der Waals surface area contributed by atoms with Crippen LogP contribution >= 0.6 is 22.3 Å². The van der Waals surface area contributed by atoms with E-state index in [4.69, 9.17) is 22.3 Å². The van der Waals surface area contributed by atoms with E-state index < -0.39 is 16.0 Å². The first-order valence-electron chi connectivity index (χ1n) is 2.09. The maximum Gasteiger partial charge on any atom is 0.258 e. The lowest BCUT2D eigenvalue weighted by atomic mass is 10.9. The molecule has 6 heteroatoms. The van der Waals surface area contributed by atoms with E-state index in [1.165, 1.54) is 4.90 Å². The molecule has 0 aromatic carbocycles. The summed E-state index contributed by atoms with van der Waals surface area (Å²) in [5, 5.41) is 0. The van der Waals surface area contributed by atoms with E-state index in [0.29, 0.717) is 0 Å². The number of hydrogen-bond donors (Lipinski definition) is 0. The molecule has 0 saturated heterocycles. The average Bonchev–Trinajstić information content (AvgIpc) is 1.63. The van der Waals surface area contributed by atoms with E-state index in [2.05, 4.69) is 4.18 Å². The van der Waals surface area contributed by atoms with Crippen LogP contribution < -0.4 is 0 Å². The Morgan fingerprint density at radius 3 is 2.22 bits per heavy atom. The van der Waals surface area contributed by atoms with Gasteiger partial charge in [-0.25, -0.2) is 8.39 Å². The molecule has 2 atom stereocenters. The zero-order chi connectivity index (χ0) is 7.44. The molecule has 3 nitrogen and oxygen atoms in total. The average molecular weight is 192 g/mol. The van der Waals surface area contributed by atoms with Crippen LogP contribution in [-0.2, 0) is 14.5 Å². The predicted molar refractivity (Wildman–Crippen MR) is 38.4 cm³/mol. The Hall–Kier alpha value is 0.650. The summed E-state index contributed by atoms with van der Waals surface area (Å²) in [5.41, 5.74) is -0.733. The van der Waals surface area contributed by atoms with Gasteiger partial charge in [-0.1, -0.05) is 11.6 Å². The van der Waals surface area contributed by atoms with Crippen molar-refractivity contribution in [1.82, 2.24) is 4.90 Å². The highest BCUT2D eigenvalue weighted by atomic mass is 35.7. The van der Waals surface area contributed by atoms with Crippen LogP contribution in [0.2, 0.25) is 0 Å². The van der Waals surface area contributed by atoms with Gasteiger partial charge in [0.05, 0.1) is 0 Å². The summed E-state index contributed by atoms with van der Waals surface area (Å²) in [6.07, 6.45) is 0. The van der Waals surface area contributed by atoms with Crippen molar-refractivity contribution in [1.29, 1.82) is 0 Å². The minimum Gasteiger partial charge on any atom is -0.271 e. The van der Waals surface area contributed by atoms with E-state index in [0.717, 1.165) is 0 Å². The molecular formula is C3H7Cl2NO2S. The molecule has 0 aromatic heterocycles. The van der Waals surface area contributed by atoms with E-state index >= 15 is 0 Å². The number of hydrogen-bond acceptors (Lipinski definition) is 3. The van der Waals surface area contributed by atoms with Crippen LogP contribution in [-0.4, -0.2) is 28.9 Å². The number of halogens is 2. The largest absolute Gasteiger partial charge is 0.271 e. The van der Waals surface area contributed by atoms with Crippen LogP contribution in [0.1, 0.15) is 0 Å². The van der Waals surface area contributed by atoms with Crippen LogP contribution in [0.3, 0.4) is 0 Å². The minimum absolute atomic E-state index is 0.733. The molecule has 0 N–H and O–H groups in total. The summed E-state index contributed by atoms with van der Waals surface area (Å²) < 4.78 is 14.5. The van der Waals surface area contributed by atoms with Crippen molar-refractivity contribution in [2.24, 2.45) is 0 Å². The fraction of sp³-hybridized carbons (Fsp3) is 1.00. The number of alkyl halides is 1. The monoisotopic (exact) mass is 191 g/mol. The van der Waals surface area contributed by atoms with E-state index in [1.807, 2.05) is 0 Å². The maximum atomic E-state index is 10.1. The third-order valence-corrected chi connectivity index (χ3v) is 1.70. The standard InChI is InChI=1S/C3H7Cl2NO2S/c1-6(2)3(4)8-9(5)7/h3H,1-2H3. The molecule has 0 bridgehead atoms. The van der Waals surface area contributed by atoms with Crippen LogP contribution in [0.15, 0.2) is 0 Å². The fourth-order valence-corrected chi connectivity index (χ4v) is 0.962. The lowest BCUT2D eigenvalue weighted by Crippen LogP contribution is -2.24. The van der Waals surface area contributed by atoms with Gasteiger partial charge in [-0.2, -0.15) is 0 Å². The highest BCUT2D eigenvalue weighted by molar-refractivity contribution is 8.04. The Morgan fingerprint density at radius 2 is 2.11 bits per heavy atom. The highest BCUT2D eigenvalue weighted by Crippen LogP contribution is 2.05. The van der Waals surface area contributed by atoms with E-state index in [9.17, 15) is 4.21 Å². The zero-order valence-corrected chi connectivity index (χ0v) is 7.33. The van der Waals surface area contributed by atoms with Crippen LogP contribution in [0.4, 0.5) is 0 Å². The summed E-state index contributed by atoms with van der Waals surface area (Å²) in [7, 11) is 6.50. The normalized spacial score (nSPS) is 17.9. The summed E-state index contributed by atoms with van der Waals surface area (Å²) in [5.74, 6) is 0. The van der Waals surface area contributed by atoms with Crippen molar-refractivity contribution >= 4 is 32.6 Å². The van der Waals surface area contributed by atoms with Gasteiger partial charge in [0.1, 0.15) is 0 Å². The van der Waals surface area contributed by atoms with Crippen molar-refractivity contribution in [3.8, 4) is 0 Å². The van der Waals surface area contributed by atoms with Crippen LogP contribution in [0.25, 0.3) is 0 Å². The van der Waals surface area contributed by atoms with Gasteiger partial charge in [0, 0.05) is 10.7 Å². The molecule has 9 heavy (non-hydrogen) atoms. The highest BCUT2D eigenvalue weighted by Gasteiger charge is 2.09. The van der Waals surface area contributed by atoms with Gasteiger partial charge in [-0.05, 0) is 14.1 Å². The molecule has 2 unspecified atom stereocenters. The fourth-order valence-electron chi connectivity index (χ4n) is 0.148. The predicted octanol–water partition coefficient (Wildman–Crippen LogP) is 0.904. The molecule has 0 fully saturated rings. The summed E-state index contributed by atoms with van der Waals surface area (Å²) in [6, 6.07) is 0. The van der Waals surface area contributed by atoms with E-state index in [-0.39, 0.29) is 0 Å². The van der Waals surface area contributed by atoms with Gasteiger partial charge in [0.15, 0.2) is 0 Å². The molecule has 0 spiro atoms. The smallest absolute Gasteiger partial charge is 0.258 e. The molecule has 0 heterocycles. The van der Waals surface area contributed by atoms with Gasteiger partial charge < -0.3 is 0 Å². The Labute approximate surface area is 66.0 Å². The topological polar surface area (TPSA) is 29.5 Å².